The number of methoxy groups -OCH3 is 1. The van der Waals surface area contributed by atoms with Crippen LogP contribution in [0, 0.1) is 13.8 Å². The molecule has 0 aliphatic carbocycles. The number of nitrogens with zero attached hydrogens (tertiary/aromatic N) is 1. The van der Waals surface area contributed by atoms with E-state index < -0.39 is 0 Å². The van der Waals surface area contributed by atoms with Crippen LogP contribution in [0.4, 0.5) is 5.82 Å². The number of fused-ring (bicyclic) bond motifs is 1. The number of ether oxygens (including phenoxy) is 1. The molecule has 0 unspecified atom stereocenters. The van der Waals surface area contributed by atoms with Gasteiger partial charge in [0.05, 0.1) is 5.52 Å². The Morgan fingerprint density at radius 2 is 2.06 bits per heavy atom. The molecule has 3 nitrogen and oxygen atoms in total. The molecule has 0 radical (unpaired) electrons. The van der Waals surface area contributed by atoms with Gasteiger partial charge in [0.25, 0.3) is 0 Å². The Balaban J connectivity index is 2.19. The number of anilines is 1. The second-order valence-electron chi connectivity index (χ2n) is 4.62. The molecule has 96 valence electrons. The van der Waals surface area contributed by atoms with Crippen LogP contribution in [0.5, 0.6) is 0 Å². The first-order chi connectivity index (χ1) is 8.70. The van der Waals surface area contributed by atoms with E-state index in [1.54, 1.807) is 7.11 Å². The first-order valence-electron chi connectivity index (χ1n) is 6.31. The summed E-state index contributed by atoms with van der Waals surface area (Å²) >= 11 is 0. The van der Waals surface area contributed by atoms with Gasteiger partial charge in [-0.15, -0.1) is 0 Å². The molecule has 0 aliphatic rings. The summed E-state index contributed by atoms with van der Waals surface area (Å²) in [6, 6.07) is 8.55. The SMILES string of the molecule is COCCCNc1nc2cc(C)ccc2cc1C. The predicted octanol–water partition coefficient (Wildman–Crippen LogP) is 3.30. The lowest BCUT2D eigenvalue weighted by Crippen LogP contribution is -2.07. The Morgan fingerprint density at radius 1 is 1.22 bits per heavy atom. The Bertz CT molecular complexity index is 537. The lowest BCUT2D eigenvalue weighted by molar-refractivity contribution is 0.197. The third kappa shape index (κ3) is 2.99. The van der Waals surface area contributed by atoms with Crippen molar-refractivity contribution in [3.05, 3.63) is 35.4 Å². The molecule has 1 N–H and O–H groups in total. The largest absolute Gasteiger partial charge is 0.385 e. The zero-order valence-electron chi connectivity index (χ0n) is 11.3. The predicted molar refractivity (Wildman–Crippen MR) is 76.2 cm³/mol. The van der Waals surface area contributed by atoms with Crippen LogP contribution in [0.15, 0.2) is 24.3 Å². The molecule has 0 saturated carbocycles. The van der Waals surface area contributed by atoms with Crippen LogP contribution >= 0.6 is 0 Å². The first kappa shape index (κ1) is 12.8. The topological polar surface area (TPSA) is 34.1 Å². The highest BCUT2D eigenvalue weighted by molar-refractivity contribution is 5.82. The first-order valence-corrected chi connectivity index (χ1v) is 6.31. The fourth-order valence-corrected chi connectivity index (χ4v) is 1.99. The Morgan fingerprint density at radius 3 is 2.83 bits per heavy atom. The van der Waals surface area contributed by atoms with Gasteiger partial charge in [-0.1, -0.05) is 12.1 Å². The number of aryl methyl sites for hydroxylation is 2. The summed E-state index contributed by atoms with van der Waals surface area (Å²) in [5.74, 6) is 0.976. The summed E-state index contributed by atoms with van der Waals surface area (Å²) in [5, 5.41) is 4.56. The molecule has 1 aromatic heterocycles. The van der Waals surface area contributed by atoms with Gasteiger partial charge >= 0.3 is 0 Å². The fraction of sp³-hybridized carbons (Fsp3) is 0.400. The lowest BCUT2D eigenvalue weighted by atomic mass is 10.1. The highest BCUT2D eigenvalue weighted by Gasteiger charge is 2.03. The maximum atomic E-state index is 5.04. The third-order valence-corrected chi connectivity index (χ3v) is 2.98. The van der Waals surface area contributed by atoms with Gasteiger partial charge in [0.1, 0.15) is 5.82 Å². The van der Waals surface area contributed by atoms with Gasteiger partial charge in [0, 0.05) is 25.6 Å². The number of pyridine rings is 1. The molecule has 0 saturated heterocycles. The molecule has 0 atom stereocenters. The van der Waals surface area contributed by atoms with Crippen molar-refractivity contribution in [2.45, 2.75) is 20.3 Å². The van der Waals surface area contributed by atoms with Crippen LogP contribution in [-0.2, 0) is 4.74 Å². The average Bonchev–Trinajstić information content (AvgIpc) is 2.35. The van der Waals surface area contributed by atoms with E-state index in [-0.39, 0.29) is 0 Å². The van der Waals surface area contributed by atoms with Crippen molar-refractivity contribution in [2.24, 2.45) is 0 Å². The van der Waals surface area contributed by atoms with E-state index in [1.165, 1.54) is 16.5 Å². The van der Waals surface area contributed by atoms with E-state index in [0.717, 1.165) is 30.9 Å². The van der Waals surface area contributed by atoms with Gasteiger partial charge in [0.15, 0.2) is 0 Å². The average molecular weight is 244 g/mol. The molecular formula is C15H20N2O. The van der Waals surface area contributed by atoms with Gasteiger partial charge in [-0.2, -0.15) is 0 Å². The van der Waals surface area contributed by atoms with Crippen LogP contribution in [0.3, 0.4) is 0 Å². The number of hydrogen-bond acceptors (Lipinski definition) is 3. The van der Waals surface area contributed by atoms with Crippen molar-refractivity contribution in [2.75, 3.05) is 25.6 Å². The molecule has 0 spiro atoms. The summed E-state index contributed by atoms with van der Waals surface area (Å²) < 4.78 is 5.04. The highest BCUT2D eigenvalue weighted by atomic mass is 16.5. The molecule has 1 aromatic carbocycles. The van der Waals surface area contributed by atoms with Crippen LogP contribution in [-0.4, -0.2) is 25.2 Å². The van der Waals surface area contributed by atoms with Gasteiger partial charge in [-0.25, -0.2) is 4.98 Å². The zero-order chi connectivity index (χ0) is 13.0. The summed E-state index contributed by atoms with van der Waals surface area (Å²) in [7, 11) is 1.72. The summed E-state index contributed by atoms with van der Waals surface area (Å²) in [4.78, 5) is 4.68. The van der Waals surface area contributed by atoms with E-state index >= 15 is 0 Å². The van der Waals surface area contributed by atoms with Gasteiger partial charge in [-0.3, -0.25) is 0 Å². The third-order valence-electron chi connectivity index (χ3n) is 2.98. The van der Waals surface area contributed by atoms with E-state index in [4.69, 9.17) is 4.74 Å². The molecule has 2 rings (SSSR count). The summed E-state index contributed by atoms with van der Waals surface area (Å²) in [6.45, 7) is 5.84. The molecule has 0 fully saturated rings. The molecule has 3 heteroatoms. The molecule has 0 aliphatic heterocycles. The van der Waals surface area contributed by atoms with Crippen LogP contribution < -0.4 is 5.32 Å². The number of nitrogens with one attached hydrogen (secondary N) is 1. The Kier molecular flexibility index (Phi) is 4.15. The molecule has 2 aromatic rings. The van der Waals surface area contributed by atoms with E-state index in [2.05, 4.69) is 48.4 Å². The Labute approximate surface area is 108 Å². The smallest absolute Gasteiger partial charge is 0.129 e. The van der Waals surface area contributed by atoms with Gasteiger partial charge in [0.2, 0.25) is 0 Å². The Hall–Kier alpha value is -1.61. The molecule has 1 heterocycles. The molecule has 18 heavy (non-hydrogen) atoms. The number of aromatic nitrogens is 1. The van der Waals surface area contributed by atoms with E-state index in [9.17, 15) is 0 Å². The van der Waals surface area contributed by atoms with Crippen molar-refractivity contribution in [1.29, 1.82) is 0 Å². The molecular weight excluding hydrogens is 224 g/mol. The highest BCUT2D eigenvalue weighted by Crippen LogP contribution is 2.20. The number of benzene rings is 1. The second-order valence-corrected chi connectivity index (χ2v) is 4.62. The van der Waals surface area contributed by atoms with E-state index in [0.29, 0.717) is 0 Å². The quantitative estimate of drug-likeness (QED) is 0.819. The van der Waals surface area contributed by atoms with Crippen LogP contribution in [0.25, 0.3) is 10.9 Å². The van der Waals surface area contributed by atoms with Crippen LogP contribution in [0.1, 0.15) is 17.5 Å². The lowest BCUT2D eigenvalue weighted by Gasteiger charge is -2.10. The van der Waals surface area contributed by atoms with Crippen molar-refractivity contribution in [1.82, 2.24) is 4.98 Å². The van der Waals surface area contributed by atoms with Crippen LogP contribution in [0.2, 0.25) is 0 Å². The minimum absolute atomic E-state index is 0.777. The van der Waals surface area contributed by atoms with E-state index in [1.807, 2.05) is 0 Å². The minimum Gasteiger partial charge on any atom is -0.385 e. The standard InChI is InChI=1S/C15H20N2O/c1-11-5-6-13-10-12(2)15(17-14(13)9-11)16-7-4-8-18-3/h5-6,9-10H,4,7-8H2,1-3H3,(H,16,17). The van der Waals surface area contributed by atoms with Crippen molar-refractivity contribution in [3.63, 3.8) is 0 Å². The van der Waals surface area contributed by atoms with Gasteiger partial charge in [-0.05, 0) is 43.5 Å². The fourth-order valence-electron chi connectivity index (χ4n) is 1.99. The maximum Gasteiger partial charge on any atom is 0.129 e. The van der Waals surface area contributed by atoms with Crippen molar-refractivity contribution >= 4 is 16.7 Å². The zero-order valence-corrected chi connectivity index (χ0v) is 11.3. The van der Waals surface area contributed by atoms with Crippen molar-refractivity contribution in [3.8, 4) is 0 Å². The van der Waals surface area contributed by atoms with Gasteiger partial charge < -0.3 is 10.1 Å². The monoisotopic (exact) mass is 244 g/mol. The summed E-state index contributed by atoms with van der Waals surface area (Å²) in [6.07, 6.45) is 0.990. The molecule has 0 amide bonds. The second kappa shape index (κ2) is 5.83. The summed E-state index contributed by atoms with van der Waals surface area (Å²) in [5.41, 5.74) is 3.47. The van der Waals surface area contributed by atoms with Crippen molar-refractivity contribution < 1.29 is 4.74 Å². The number of rotatable bonds is 5. The normalized spacial score (nSPS) is 10.8. The maximum absolute atomic E-state index is 5.04. The molecule has 0 bridgehead atoms. The minimum atomic E-state index is 0.777. The number of hydrogen-bond donors (Lipinski definition) is 1.